The Hall–Kier alpha value is -4.94. The zero-order valence-electron chi connectivity index (χ0n) is 32.7. The van der Waals surface area contributed by atoms with Gasteiger partial charge in [0.05, 0.1) is 47.5 Å². The van der Waals surface area contributed by atoms with Gasteiger partial charge in [-0.15, -0.1) is 0 Å². The normalized spacial score (nSPS) is 16.3. The molecule has 2 heterocycles. The molecular weight excluding hydrogens is 787 g/mol. The van der Waals surface area contributed by atoms with E-state index >= 15 is 0 Å². The lowest BCUT2D eigenvalue weighted by atomic mass is 9.96. The second-order valence-corrected chi connectivity index (χ2v) is 15.2. The van der Waals surface area contributed by atoms with Gasteiger partial charge in [0, 0.05) is 61.3 Å². The van der Waals surface area contributed by atoms with Crippen molar-refractivity contribution in [1.82, 2.24) is 15.2 Å². The molecule has 1 unspecified atom stereocenters. The number of hydrogen-bond acceptors (Lipinski definition) is 12. The van der Waals surface area contributed by atoms with Crippen LogP contribution in [0.25, 0.3) is 11.1 Å². The molecule has 1 fully saturated rings. The number of carboxylic acids is 1. The molecule has 3 aromatic carbocycles. The van der Waals surface area contributed by atoms with E-state index in [0.717, 1.165) is 22.3 Å². The second kappa shape index (κ2) is 20.2. The number of carbonyl (C=O) groups is 2. The molecule has 4 N–H and O–H groups in total. The van der Waals surface area contributed by atoms with Gasteiger partial charge in [-0.25, -0.2) is 0 Å². The number of aliphatic carboxylic acids is 1. The van der Waals surface area contributed by atoms with Gasteiger partial charge < -0.3 is 39.2 Å². The van der Waals surface area contributed by atoms with E-state index in [2.05, 4.69) is 21.3 Å². The van der Waals surface area contributed by atoms with Crippen LogP contribution in [0.4, 0.5) is 0 Å². The Kier molecular flexibility index (Phi) is 15.3. The number of nitrogens with one attached hydrogen (secondary N) is 1. The number of aliphatic hydroxyl groups excluding tert-OH is 1. The van der Waals surface area contributed by atoms with E-state index < -0.39 is 23.7 Å². The molecule has 4 aromatic rings. The summed E-state index contributed by atoms with van der Waals surface area (Å²) in [6, 6.07) is 18.4. The van der Waals surface area contributed by atoms with Crippen molar-refractivity contribution in [3.8, 4) is 34.4 Å². The van der Waals surface area contributed by atoms with E-state index in [1.54, 1.807) is 31.3 Å². The van der Waals surface area contributed by atoms with Crippen LogP contribution in [0.5, 0.6) is 17.2 Å². The molecule has 1 aliphatic heterocycles. The largest absolute Gasteiger partial charge is 0.492 e. The summed E-state index contributed by atoms with van der Waals surface area (Å²) in [7, 11) is 0. The number of hydrogen-bond donors (Lipinski definition) is 4. The lowest BCUT2D eigenvalue weighted by Gasteiger charge is -2.25. The third-order valence-corrected chi connectivity index (χ3v) is 10.7. The maximum absolute atomic E-state index is 11.9. The lowest BCUT2D eigenvalue weighted by Crippen LogP contribution is -2.52. The average molecular weight is 836 g/mol. The van der Waals surface area contributed by atoms with Crippen molar-refractivity contribution in [3.63, 3.8) is 0 Å². The number of carbonyl (C=O) groups excluding carboxylic acids is 1. The minimum absolute atomic E-state index is 0.00120. The predicted octanol–water partition coefficient (Wildman–Crippen LogP) is 6.48. The maximum Gasteiger partial charge on any atom is 0.326 e. The average Bonchev–Trinajstić information content (AvgIpc) is 3.58. The standard InChI is InChI=1S/C43H48Cl2N4O9/c1-4-55-39(51)19-43(54)12-14-49(26-43)13-7-15-56-36-11-6-10-34(40(36)45)33-9-5-8-31(28(33)2)25-58-38-18-37(57-24-30-16-29(20-46)21-47-22-30)32(17-35(38)44)23-48-42(3,27-50)41(52)53/h5-6,8-11,16-18,21-22,48,50,54H,4,7,12-15,19,23-27H2,1-3H3,(H,52,53)/t42-,43?/m0/s1. The summed E-state index contributed by atoms with van der Waals surface area (Å²) < 4.78 is 23.6. The molecule has 1 aliphatic rings. The fourth-order valence-electron chi connectivity index (χ4n) is 6.58. The maximum atomic E-state index is 11.9. The minimum atomic E-state index is -1.61. The summed E-state index contributed by atoms with van der Waals surface area (Å²) in [4.78, 5) is 30.0. The first-order valence-corrected chi connectivity index (χ1v) is 19.7. The number of nitriles is 1. The zero-order valence-corrected chi connectivity index (χ0v) is 34.2. The van der Waals surface area contributed by atoms with Gasteiger partial charge in [0.1, 0.15) is 42.1 Å². The number of aliphatic hydroxyl groups is 2. The summed E-state index contributed by atoms with van der Waals surface area (Å²) in [6.07, 6.45) is 4.22. The molecule has 0 saturated carbocycles. The number of benzene rings is 3. The first kappa shape index (κ1) is 44.2. The number of ether oxygens (including phenoxy) is 4. The van der Waals surface area contributed by atoms with Gasteiger partial charge in [0.15, 0.2) is 0 Å². The molecule has 0 radical (unpaired) electrons. The van der Waals surface area contributed by atoms with Gasteiger partial charge in [-0.1, -0.05) is 53.5 Å². The third-order valence-electron chi connectivity index (χ3n) is 10.0. The Balaban J connectivity index is 1.26. The van der Waals surface area contributed by atoms with Crippen LogP contribution in [0, 0.1) is 18.3 Å². The Morgan fingerprint density at radius 3 is 2.52 bits per heavy atom. The molecular formula is C43H48Cl2N4O9. The number of β-amino-alcohol motifs (C(OH)–C–C–N with tert-alkyl or cyclic N) is 1. The Morgan fingerprint density at radius 2 is 1.78 bits per heavy atom. The van der Waals surface area contributed by atoms with E-state index in [1.807, 2.05) is 43.3 Å². The van der Waals surface area contributed by atoms with Gasteiger partial charge in [0.25, 0.3) is 0 Å². The first-order valence-electron chi connectivity index (χ1n) is 18.9. The smallest absolute Gasteiger partial charge is 0.326 e. The van der Waals surface area contributed by atoms with Crippen molar-refractivity contribution in [3.05, 3.63) is 105 Å². The van der Waals surface area contributed by atoms with Crippen molar-refractivity contribution in [2.24, 2.45) is 0 Å². The van der Waals surface area contributed by atoms with Crippen LogP contribution >= 0.6 is 23.2 Å². The van der Waals surface area contributed by atoms with Crippen molar-refractivity contribution in [2.75, 3.05) is 39.5 Å². The second-order valence-electron chi connectivity index (χ2n) is 14.5. The van der Waals surface area contributed by atoms with Gasteiger partial charge in [-0.05, 0) is 68.5 Å². The summed E-state index contributed by atoms with van der Waals surface area (Å²) in [6.45, 7) is 7.14. The van der Waals surface area contributed by atoms with E-state index in [4.69, 9.17) is 42.1 Å². The molecule has 0 spiro atoms. The molecule has 13 nitrogen and oxygen atoms in total. The number of aromatic nitrogens is 1. The summed E-state index contributed by atoms with van der Waals surface area (Å²) in [5.74, 6) is -0.387. The fourth-order valence-corrected chi connectivity index (χ4v) is 7.10. The van der Waals surface area contributed by atoms with Crippen LogP contribution in [0.2, 0.25) is 10.0 Å². The van der Waals surface area contributed by atoms with E-state index in [0.29, 0.717) is 78.0 Å². The van der Waals surface area contributed by atoms with Crippen LogP contribution in [0.3, 0.4) is 0 Å². The number of likely N-dealkylation sites (tertiary alicyclic amines) is 1. The molecule has 15 heteroatoms. The number of carboxylic acid groups (broad SMARTS) is 1. The third kappa shape index (κ3) is 11.4. The van der Waals surface area contributed by atoms with E-state index in [1.165, 1.54) is 13.1 Å². The van der Waals surface area contributed by atoms with Crippen LogP contribution < -0.4 is 19.5 Å². The zero-order chi connectivity index (χ0) is 41.9. The highest BCUT2D eigenvalue weighted by Crippen LogP contribution is 2.39. The van der Waals surface area contributed by atoms with Crippen LogP contribution in [0.15, 0.2) is 67.0 Å². The molecule has 0 bridgehead atoms. The highest BCUT2D eigenvalue weighted by molar-refractivity contribution is 6.35. The van der Waals surface area contributed by atoms with E-state index in [9.17, 15) is 30.2 Å². The highest BCUT2D eigenvalue weighted by atomic mass is 35.5. The van der Waals surface area contributed by atoms with Crippen molar-refractivity contribution in [1.29, 1.82) is 5.26 Å². The van der Waals surface area contributed by atoms with Crippen LogP contribution in [-0.2, 0) is 34.1 Å². The number of rotatable bonds is 20. The van der Waals surface area contributed by atoms with Crippen LogP contribution in [0.1, 0.15) is 60.9 Å². The van der Waals surface area contributed by atoms with Crippen LogP contribution in [-0.4, -0.2) is 87.7 Å². The first-order chi connectivity index (χ1) is 27.8. The van der Waals surface area contributed by atoms with Gasteiger partial charge in [-0.2, -0.15) is 5.26 Å². The lowest BCUT2D eigenvalue weighted by molar-refractivity contribution is -0.148. The summed E-state index contributed by atoms with van der Waals surface area (Å²) >= 11 is 13.7. The topological polar surface area (TPSA) is 184 Å². The SMILES string of the molecule is CCOC(=O)CC1(O)CCN(CCCOc2cccc(-c3cccc(COc4cc(OCc5cncc(C#N)c5)c(CN[C@@](C)(CO)C(=O)O)cc4Cl)c3C)c2Cl)C1. The van der Waals surface area contributed by atoms with Gasteiger partial charge in [-0.3, -0.25) is 19.9 Å². The molecule has 308 valence electrons. The predicted molar refractivity (Wildman–Crippen MR) is 218 cm³/mol. The molecule has 0 aliphatic carbocycles. The molecule has 58 heavy (non-hydrogen) atoms. The molecule has 5 rings (SSSR count). The number of pyridine rings is 1. The quantitative estimate of drug-likeness (QED) is 0.0561. The number of esters is 1. The van der Waals surface area contributed by atoms with Gasteiger partial charge >= 0.3 is 11.9 Å². The molecule has 2 atom stereocenters. The Labute approximate surface area is 348 Å². The molecule has 1 aromatic heterocycles. The monoisotopic (exact) mass is 834 g/mol. The van der Waals surface area contributed by atoms with Crippen molar-refractivity contribution in [2.45, 2.75) is 70.9 Å². The Bertz CT molecular complexity index is 2130. The molecule has 0 amide bonds. The van der Waals surface area contributed by atoms with Crippen molar-refractivity contribution >= 4 is 35.1 Å². The van der Waals surface area contributed by atoms with Crippen molar-refractivity contribution < 1.29 is 43.9 Å². The van der Waals surface area contributed by atoms with E-state index in [-0.39, 0.29) is 43.8 Å². The Morgan fingerprint density at radius 1 is 1.02 bits per heavy atom. The van der Waals surface area contributed by atoms with Gasteiger partial charge in [0.2, 0.25) is 0 Å². The molecule has 1 saturated heterocycles. The summed E-state index contributed by atoms with van der Waals surface area (Å²) in [5.41, 5.74) is 2.34. The highest BCUT2D eigenvalue weighted by Gasteiger charge is 2.38. The minimum Gasteiger partial charge on any atom is -0.492 e. The number of nitrogens with zero attached hydrogens (tertiary/aromatic N) is 3. The summed E-state index contributed by atoms with van der Waals surface area (Å²) in [5, 5.41) is 43.1. The number of halogens is 2. The fraction of sp³-hybridized carbons (Fsp3) is 0.395.